The van der Waals surface area contributed by atoms with E-state index in [1.807, 2.05) is 0 Å². The van der Waals surface area contributed by atoms with E-state index in [9.17, 15) is 13.6 Å². The number of oxazole rings is 1. The number of alkyl halides is 2. The van der Waals surface area contributed by atoms with Gasteiger partial charge in [-0.3, -0.25) is 9.78 Å². The van der Waals surface area contributed by atoms with Crippen LogP contribution >= 0.6 is 36.4 Å². The predicted octanol–water partition coefficient (Wildman–Crippen LogP) is 5.57. The van der Waals surface area contributed by atoms with Crippen molar-refractivity contribution in [3.63, 3.8) is 0 Å². The molecule has 1 amide bonds. The average Bonchev–Trinajstić information content (AvgIpc) is 3.52. The summed E-state index contributed by atoms with van der Waals surface area (Å²) in [5.41, 5.74) is 7.05. The van der Waals surface area contributed by atoms with Gasteiger partial charge in [-0.2, -0.15) is 8.78 Å². The molecular formula is C23H25Cl3F2N4O4. The fourth-order valence-electron chi connectivity index (χ4n) is 3.13. The SMILES string of the molecule is C[C@H](N)c1oc(-c2ccc(OC(F)F)c(OCC3CC3)c2)nc1C(=O)NCc1ccc(Cl)cn1.Cl.Cl. The number of carbonyl (C=O) groups excluding carboxylic acids is 1. The molecule has 4 rings (SSSR count). The van der Waals surface area contributed by atoms with Crippen molar-refractivity contribution in [3.8, 4) is 23.0 Å². The summed E-state index contributed by atoms with van der Waals surface area (Å²) in [6, 6.07) is 7.08. The van der Waals surface area contributed by atoms with Gasteiger partial charge in [-0.25, -0.2) is 4.98 Å². The molecule has 3 aromatic rings. The minimum Gasteiger partial charge on any atom is -0.489 e. The first-order valence-electron chi connectivity index (χ1n) is 10.7. The Balaban J connectivity index is 0.00000228. The lowest BCUT2D eigenvalue weighted by atomic mass is 10.2. The zero-order chi connectivity index (χ0) is 24.2. The summed E-state index contributed by atoms with van der Waals surface area (Å²) in [4.78, 5) is 21.3. The molecular weight excluding hydrogens is 541 g/mol. The van der Waals surface area contributed by atoms with Crippen LogP contribution in [-0.2, 0) is 6.54 Å². The largest absolute Gasteiger partial charge is 0.489 e. The van der Waals surface area contributed by atoms with Gasteiger partial charge in [0.15, 0.2) is 23.0 Å². The number of nitrogens with one attached hydrogen (secondary N) is 1. The van der Waals surface area contributed by atoms with E-state index in [-0.39, 0.29) is 60.2 Å². The molecule has 1 aliphatic rings. The molecule has 2 heterocycles. The molecule has 1 saturated carbocycles. The number of ether oxygens (including phenoxy) is 2. The maximum absolute atomic E-state index is 12.8. The number of hydrogen-bond acceptors (Lipinski definition) is 7. The minimum atomic E-state index is -2.99. The Hall–Kier alpha value is -2.66. The molecule has 2 aromatic heterocycles. The van der Waals surface area contributed by atoms with E-state index in [1.54, 1.807) is 19.1 Å². The number of rotatable bonds is 10. The molecule has 1 aliphatic carbocycles. The summed E-state index contributed by atoms with van der Waals surface area (Å²) in [6.45, 7) is -0.793. The molecule has 0 aliphatic heterocycles. The lowest BCUT2D eigenvalue weighted by Gasteiger charge is -2.12. The van der Waals surface area contributed by atoms with Crippen LogP contribution in [0.3, 0.4) is 0 Å². The molecule has 0 bridgehead atoms. The lowest BCUT2D eigenvalue weighted by molar-refractivity contribution is -0.0515. The highest BCUT2D eigenvalue weighted by atomic mass is 35.5. The third-order valence-electron chi connectivity index (χ3n) is 5.08. The van der Waals surface area contributed by atoms with Crippen LogP contribution in [0.25, 0.3) is 11.5 Å². The lowest BCUT2D eigenvalue weighted by Crippen LogP contribution is -2.25. The molecule has 0 spiro atoms. The first-order valence-corrected chi connectivity index (χ1v) is 11.0. The highest BCUT2D eigenvalue weighted by Crippen LogP contribution is 2.37. The van der Waals surface area contributed by atoms with E-state index in [0.717, 1.165) is 12.8 Å². The van der Waals surface area contributed by atoms with Crippen LogP contribution in [0.5, 0.6) is 11.5 Å². The van der Waals surface area contributed by atoms with Crippen molar-refractivity contribution >= 4 is 42.3 Å². The normalized spacial score (nSPS) is 13.4. The number of nitrogens with two attached hydrogens (primary N) is 1. The number of carbonyl (C=O) groups is 1. The van der Waals surface area contributed by atoms with Crippen LogP contribution in [0, 0.1) is 5.92 Å². The zero-order valence-electron chi connectivity index (χ0n) is 19.1. The van der Waals surface area contributed by atoms with Crippen molar-refractivity contribution in [2.45, 2.75) is 39.0 Å². The van der Waals surface area contributed by atoms with Crippen LogP contribution in [0.2, 0.25) is 5.02 Å². The molecule has 0 radical (unpaired) electrons. The molecule has 1 aromatic carbocycles. The quantitative estimate of drug-likeness (QED) is 0.330. The predicted molar refractivity (Wildman–Crippen MR) is 134 cm³/mol. The van der Waals surface area contributed by atoms with Crippen molar-refractivity contribution in [3.05, 3.63) is 58.7 Å². The van der Waals surface area contributed by atoms with Crippen molar-refractivity contribution in [1.29, 1.82) is 0 Å². The summed E-state index contributed by atoms with van der Waals surface area (Å²) >= 11 is 5.83. The molecule has 1 atom stereocenters. The maximum atomic E-state index is 12.8. The number of benzene rings is 1. The number of pyridine rings is 1. The van der Waals surface area contributed by atoms with E-state index >= 15 is 0 Å². The molecule has 3 N–H and O–H groups in total. The van der Waals surface area contributed by atoms with Crippen molar-refractivity contribution in [2.24, 2.45) is 11.7 Å². The fourth-order valence-corrected chi connectivity index (χ4v) is 3.24. The first kappa shape index (κ1) is 29.6. The monoisotopic (exact) mass is 564 g/mol. The number of hydrogen-bond donors (Lipinski definition) is 2. The van der Waals surface area contributed by atoms with Gasteiger partial charge in [-0.15, -0.1) is 24.8 Å². The van der Waals surface area contributed by atoms with E-state index in [1.165, 1.54) is 24.4 Å². The molecule has 196 valence electrons. The summed E-state index contributed by atoms with van der Waals surface area (Å²) in [5, 5.41) is 3.21. The standard InChI is InChI=1S/C23H23ClF2N4O4.2ClH/c1-12(27)20-19(21(31)29-10-16-6-5-15(24)9-28-16)30-22(34-20)14-4-7-17(33-23(25)26)18(8-14)32-11-13-2-3-13;;/h4-9,12-13,23H,2-3,10-11,27H2,1H3,(H,29,31);2*1H/t12-;;/m0../s1. The van der Waals surface area contributed by atoms with E-state index in [4.69, 9.17) is 26.5 Å². The van der Waals surface area contributed by atoms with Crippen LogP contribution in [0.4, 0.5) is 8.78 Å². The summed E-state index contributed by atoms with van der Waals surface area (Å²) in [7, 11) is 0. The van der Waals surface area contributed by atoms with Gasteiger partial charge in [0.1, 0.15) is 0 Å². The topological polar surface area (TPSA) is 113 Å². The van der Waals surface area contributed by atoms with Gasteiger partial charge in [0.25, 0.3) is 5.91 Å². The Labute approximate surface area is 223 Å². The van der Waals surface area contributed by atoms with Gasteiger partial charge >= 0.3 is 6.61 Å². The Morgan fingerprint density at radius 1 is 1.25 bits per heavy atom. The third-order valence-corrected chi connectivity index (χ3v) is 5.30. The molecule has 0 saturated heterocycles. The molecule has 1 fully saturated rings. The smallest absolute Gasteiger partial charge is 0.387 e. The Bertz CT molecular complexity index is 1160. The maximum Gasteiger partial charge on any atom is 0.387 e. The molecule has 13 heteroatoms. The molecule has 0 unspecified atom stereocenters. The summed E-state index contributed by atoms with van der Waals surface area (Å²) in [5.74, 6) is 0.241. The molecule has 36 heavy (non-hydrogen) atoms. The van der Waals surface area contributed by atoms with Gasteiger partial charge < -0.3 is 24.9 Å². The second kappa shape index (κ2) is 13.0. The van der Waals surface area contributed by atoms with Gasteiger partial charge in [0.05, 0.1) is 29.9 Å². The number of nitrogens with zero attached hydrogens (tertiary/aromatic N) is 2. The number of halogens is 5. The van der Waals surface area contributed by atoms with Crippen LogP contribution in [0.15, 0.2) is 40.9 Å². The van der Waals surface area contributed by atoms with Gasteiger partial charge in [-0.05, 0) is 56.0 Å². The highest BCUT2D eigenvalue weighted by Gasteiger charge is 2.26. The van der Waals surface area contributed by atoms with Gasteiger partial charge in [-0.1, -0.05) is 11.6 Å². The van der Waals surface area contributed by atoms with E-state index < -0.39 is 18.6 Å². The number of amides is 1. The Kier molecular flexibility index (Phi) is 10.7. The van der Waals surface area contributed by atoms with Crippen LogP contribution in [-0.4, -0.2) is 29.1 Å². The van der Waals surface area contributed by atoms with Gasteiger partial charge in [0.2, 0.25) is 5.89 Å². The van der Waals surface area contributed by atoms with Crippen LogP contribution in [0.1, 0.15) is 47.7 Å². The highest BCUT2D eigenvalue weighted by molar-refractivity contribution is 6.30. The minimum absolute atomic E-state index is 0. The Morgan fingerprint density at radius 3 is 2.61 bits per heavy atom. The zero-order valence-corrected chi connectivity index (χ0v) is 21.5. The molecule has 8 nitrogen and oxygen atoms in total. The summed E-state index contributed by atoms with van der Waals surface area (Å²) in [6.07, 6.45) is 3.55. The van der Waals surface area contributed by atoms with E-state index in [0.29, 0.717) is 28.8 Å². The van der Waals surface area contributed by atoms with Crippen molar-refractivity contribution < 1.29 is 27.5 Å². The Morgan fingerprint density at radius 2 is 2.00 bits per heavy atom. The van der Waals surface area contributed by atoms with Crippen molar-refractivity contribution in [1.82, 2.24) is 15.3 Å². The van der Waals surface area contributed by atoms with Crippen molar-refractivity contribution in [2.75, 3.05) is 6.61 Å². The van der Waals surface area contributed by atoms with E-state index in [2.05, 4.69) is 20.0 Å². The number of aromatic nitrogens is 2. The second-order valence-corrected chi connectivity index (χ2v) is 8.40. The third kappa shape index (κ3) is 7.67. The second-order valence-electron chi connectivity index (χ2n) is 7.97. The fraction of sp³-hybridized carbons (Fsp3) is 0.348. The van der Waals surface area contributed by atoms with Crippen LogP contribution < -0.4 is 20.5 Å². The van der Waals surface area contributed by atoms with Gasteiger partial charge in [0, 0.05) is 11.8 Å². The first-order chi connectivity index (χ1) is 16.3. The summed E-state index contributed by atoms with van der Waals surface area (Å²) < 4.78 is 41.7. The average molecular weight is 566 g/mol.